The third-order valence-corrected chi connectivity index (χ3v) is 17.7. The minimum absolute atomic E-state index is 0.0221. The number of nitrogens with one attached hydrogen (secondary N) is 1. The van der Waals surface area contributed by atoms with E-state index >= 15 is 0 Å². The third kappa shape index (κ3) is 7.27. The van der Waals surface area contributed by atoms with E-state index in [4.69, 9.17) is 0 Å². The van der Waals surface area contributed by atoms with E-state index in [1.54, 1.807) is 0 Å². The first kappa shape index (κ1) is 43.9. The van der Waals surface area contributed by atoms with E-state index in [9.17, 15) is 0 Å². The molecule has 0 unspecified atom stereocenters. The van der Waals surface area contributed by atoms with Gasteiger partial charge in [-0.25, -0.2) is 0 Å². The van der Waals surface area contributed by atoms with Crippen LogP contribution in [-0.4, -0.2) is 7.28 Å². The second-order valence-corrected chi connectivity index (χ2v) is 24.1. The van der Waals surface area contributed by atoms with Crippen molar-refractivity contribution >= 4 is 78.2 Å². The number of fused-ring (bicyclic) bond motifs is 8. The predicted molar refractivity (Wildman–Crippen MR) is 300 cm³/mol. The van der Waals surface area contributed by atoms with E-state index in [1.165, 1.54) is 116 Å². The van der Waals surface area contributed by atoms with Crippen LogP contribution in [0.25, 0.3) is 53.6 Å². The van der Waals surface area contributed by atoms with E-state index in [0.29, 0.717) is 0 Å². The van der Waals surface area contributed by atoms with Crippen molar-refractivity contribution in [2.75, 3.05) is 10.2 Å². The Hall–Kier alpha value is -6.36. The van der Waals surface area contributed by atoms with Crippen LogP contribution < -0.4 is 21.1 Å². The van der Waals surface area contributed by atoms with Crippen molar-refractivity contribution in [2.24, 2.45) is 0 Å². The molecule has 1 aromatic heterocycles. The van der Waals surface area contributed by atoms with Gasteiger partial charge in [-0.1, -0.05) is 170 Å². The zero-order chi connectivity index (χ0) is 47.6. The van der Waals surface area contributed by atoms with E-state index in [0.717, 1.165) is 30.6 Å². The average Bonchev–Trinajstić information content (AvgIpc) is 3.73. The van der Waals surface area contributed by atoms with Crippen LogP contribution in [0.4, 0.5) is 28.4 Å². The zero-order valence-electron chi connectivity index (χ0n) is 41.8. The molecule has 9 aromatic rings. The van der Waals surface area contributed by atoms with Gasteiger partial charge in [-0.3, -0.25) is 0 Å². The first-order chi connectivity index (χ1) is 33.1. The molecular weight excluding hydrogens is 852 g/mol. The smallest absolute Gasteiger partial charge is 0.197 e. The van der Waals surface area contributed by atoms with Crippen molar-refractivity contribution in [1.29, 1.82) is 0 Å². The van der Waals surface area contributed by atoms with Gasteiger partial charge in [0.1, 0.15) is 0 Å². The molecule has 0 saturated heterocycles. The average molecular weight is 914 g/mol. The molecule has 12 rings (SSSR count). The summed E-state index contributed by atoms with van der Waals surface area (Å²) in [7, 11) is 2.52. The number of benzene rings is 8. The minimum Gasteiger partial charge on any atom is -0.355 e. The molecule has 341 valence electrons. The van der Waals surface area contributed by atoms with Crippen molar-refractivity contribution in [3.8, 4) is 33.4 Å². The summed E-state index contributed by atoms with van der Waals surface area (Å²) in [5, 5.41) is 6.70. The molecule has 2 nitrogen and oxygen atoms in total. The molecule has 3 aliphatic rings. The van der Waals surface area contributed by atoms with Gasteiger partial charge in [0.05, 0.1) is 5.69 Å². The number of thiophene rings is 1. The summed E-state index contributed by atoms with van der Waals surface area (Å²) in [5.74, 6) is 0. The quantitative estimate of drug-likeness (QED) is 0.167. The number of aryl methyl sites for hydroxylation is 1. The van der Waals surface area contributed by atoms with E-state index in [-0.39, 0.29) is 21.7 Å². The van der Waals surface area contributed by atoms with Crippen molar-refractivity contribution in [2.45, 2.75) is 110 Å². The molecule has 8 aromatic carbocycles. The molecule has 2 heterocycles. The number of anilines is 5. The molecule has 0 saturated carbocycles. The normalized spacial score (nSPS) is 17.1. The maximum atomic E-state index is 4.07. The Bertz CT molecular complexity index is 3500. The first-order valence-corrected chi connectivity index (χ1v) is 26.0. The fraction of sp³-hybridized carbons (Fsp3) is 0.262. The highest BCUT2D eigenvalue weighted by atomic mass is 32.1. The maximum absolute atomic E-state index is 4.07. The van der Waals surface area contributed by atoms with Gasteiger partial charge >= 0.3 is 0 Å². The molecular formula is C65H62BN2S. The predicted octanol–water partition coefficient (Wildman–Crippen LogP) is 17.2. The Balaban J connectivity index is 1.16. The zero-order valence-corrected chi connectivity index (χ0v) is 42.6. The molecule has 0 amide bonds. The minimum atomic E-state index is 0.0221. The summed E-state index contributed by atoms with van der Waals surface area (Å²) in [6.45, 7) is 22.0. The number of hydrogen-bond donors (Lipinski definition) is 1. The van der Waals surface area contributed by atoms with Gasteiger partial charge in [-0.2, -0.15) is 0 Å². The molecule has 0 bridgehead atoms. The van der Waals surface area contributed by atoms with Crippen LogP contribution in [0.3, 0.4) is 0 Å². The molecule has 4 heteroatoms. The van der Waals surface area contributed by atoms with Crippen LogP contribution in [0.15, 0.2) is 158 Å². The first-order valence-electron chi connectivity index (χ1n) is 25.2. The van der Waals surface area contributed by atoms with Crippen molar-refractivity contribution in [3.63, 3.8) is 0 Å². The van der Waals surface area contributed by atoms with Gasteiger partial charge in [-0.05, 0) is 164 Å². The van der Waals surface area contributed by atoms with Crippen molar-refractivity contribution < 1.29 is 0 Å². The Morgan fingerprint density at radius 3 is 1.67 bits per heavy atom. The van der Waals surface area contributed by atoms with Crippen LogP contribution in [0.2, 0.25) is 0 Å². The summed E-state index contributed by atoms with van der Waals surface area (Å²) >= 11 is 1.93. The van der Waals surface area contributed by atoms with Gasteiger partial charge < -0.3 is 10.2 Å². The van der Waals surface area contributed by atoms with Gasteiger partial charge in [0.25, 0.3) is 0 Å². The lowest BCUT2D eigenvalue weighted by Crippen LogP contribution is -2.42. The molecule has 69 heavy (non-hydrogen) atoms. The summed E-state index contributed by atoms with van der Waals surface area (Å²) < 4.78 is 2.62. The van der Waals surface area contributed by atoms with Gasteiger partial charge in [0.2, 0.25) is 0 Å². The standard InChI is InChI=1S/C65H62BN2S/c1-40-34-49-52(65(8,9)33-30-62(49,2)3)39-55(40)68-56-35-44(42-20-14-11-15-21-42)26-29-53(56)66-60-48(37-58-59(61(60)68)46-22-16-17-23-57(46)69-58)47-36-50-51(64(6,7)32-31-63(50,4)5)38-54(47)67-45-27-24-43(25-28-45)41-18-12-10-13-19-41/h10-29,34-39,67H,30-33H2,1-9H3. The Morgan fingerprint density at radius 1 is 0.478 bits per heavy atom. The Morgan fingerprint density at radius 2 is 1.01 bits per heavy atom. The third-order valence-electron chi connectivity index (χ3n) is 16.5. The summed E-state index contributed by atoms with van der Waals surface area (Å²) in [5.41, 5.74) is 23.2. The monoisotopic (exact) mass is 913 g/mol. The van der Waals surface area contributed by atoms with E-state index in [2.05, 4.69) is 238 Å². The Labute approximate surface area is 414 Å². The summed E-state index contributed by atoms with van der Waals surface area (Å²) in [4.78, 5) is 2.69. The molecule has 1 N–H and O–H groups in total. The molecule has 0 fully saturated rings. The lowest BCUT2D eigenvalue weighted by molar-refractivity contribution is 0.332. The van der Waals surface area contributed by atoms with Gasteiger partial charge in [-0.15, -0.1) is 11.3 Å². The fourth-order valence-corrected chi connectivity index (χ4v) is 13.3. The highest BCUT2D eigenvalue weighted by molar-refractivity contribution is 7.26. The van der Waals surface area contributed by atoms with E-state index < -0.39 is 0 Å². The van der Waals surface area contributed by atoms with Crippen LogP contribution in [-0.2, 0) is 21.7 Å². The second-order valence-electron chi connectivity index (χ2n) is 23.0. The van der Waals surface area contributed by atoms with Gasteiger partial charge in [0.15, 0.2) is 7.28 Å². The summed E-state index contributed by atoms with van der Waals surface area (Å²) in [6.07, 6.45) is 4.65. The van der Waals surface area contributed by atoms with Crippen molar-refractivity contribution in [1.82, 2.24) is 0 Å². The fourth-order valence-electron chi connectivity index (χ4n) is 12.1. The lowest BCUT2D eigenvalue weighted by Gasteiger charge is -2.44. The maximum Gasteiger partial charge on any atom is 0.197 e. The molecule has 0 spiro atoms. The molecule has 2 aliphatic carbocycles. The number of hydrogen-bond acceptors (Lipinski definition) is 3. The highest BCUT2D eigenvalue weighted by Gasteiger charge is 2.41. The SMILES string of the molecule is Cc1cc2c(cc1N1c3cc(-c4ccccc4)ccc3[B]c3c(-c4cc5c(cc4Nc4ccc(-c6ccccc6)cc4)C(C)(C)CCC5(C)C)cc4sc5ccccc5c4c31)C(C)(C)CCC2(C)C. The van der Waals surface area contributed by atoms with Crippen LogP contribution >= 0.6 is 11.3 Å². The molecule has 1 radical (unpaired) electrons. The van der Waals surface area contributed by atoms with Crippen LogP contribution in [0, 0.1) is 6.92 Å². The molecule has 0 atom stereocenters. The summed E-state index contributed by atoms with van der Waals surface area (Å²) in [6, 6.07) is 59.7. The van der Waals surface area contributed by atoms with E-state index in [1.807, 2.05) is 11.3 Å². The number of nitrogens with zero attached hydrogens (tertiary/aromatic N) is 1. The lowest BCUT2D eigenvalue weighted by atomic mass is 9.57. The van der Waals surface area contributed by atoms with Crippen LogP contribution in [0.5, 0.6) is 0 Å². The Kier molecular flexibility index (Phi) is 10.1. The second kappa shape index (κ2) is 15.8. The largest absolute Gasteiger partial charge is 0.355 e. The topological polar surface area (TPSA) is 15.3 Å². The molecule has 1 aliphatic heterocycles. The highest BCUT2D eigenvalue weighted by Crippen LogP contribution is 2.54. The van der Waals surface area contributed by atoms with Gasteiger partial charge in [0, 0.05) is 48.5 Å². The van der Waals surface area contributed by atoms with Crippen LogP contribution in [0.1, 0.15) is 109 Å². The van der Waals surface area contributed by atoms with Crippen molar-refractivity contribution in [3.05, 3.63) is 186 Å². The number of rotatable bonds is 6.